The minimum absolute atomic E-state index is 0.387. The van der Waals surface area contributed by atoms with Crippen LogP contribution in [0.1, 0.15) is 31.2 Å². The molecule has 100 valence electrons. The van der Waals surface area contributed by atoms with Gasteiger partial charge in [0.15, 0.2) is 0 Å². The first-order chi connectivity index (χ1) is 8.76. The summed E-state index contributed by atoms with van der Waals surface area (Å²) in [7, 11) is 1.68. The van der Waals surface area contributed by atoms with E-state index in [1.54, 1.807) is 7.11 Å². The first kappa shape index (κ1) is 13.4. The van der Waals surface area contributed by atoms with E-state index in [2.05, 4.69) is 19.1 Å². The van der Waals surface area contributed by atoms with Crippen molar-refractivity contribution < 1.29 is 9.47 Å². The molecule has 0 bridgehead atoms. The fourth-order valence-corrected chi connectivity index (χ4v) is 2.77. The highest BCUT2D eigenvalue weighted by molar-refractivity contribution is 5.31. The van der Waals surface area contributed by atoms with Crippen LogP contribution in [-0.4, -0.2) is 26.4 Å². The first-order valence-electron chi connectivity index (χ1n) is 6.73. The monoisotopic (exact) mass is 249 g/mol. The number of ether oxygens (including phenoxy) is 2. The van der Waals surface area contributed by atoms with Crippen molar-refractivity contribution in [2.24, 2.45) is 11.7 Å². The van der Waals surface area contributed by atoms with Gasteiger partial charge in [-0.15, -0.1) is 0 Å². The van der Waals surface area contributed by atoms with E-state index in [4.69, 9.17) is 15.2 Å². The Kier molecular flexibility index (Phi) is 4.61. The molecule has 3 heteroatoms. The van der Waals surface area contributed by atoms with Gasteiger partial charge in [0.05, 0.1) is 6.61 Å². The third-order valence-corrected chi connectivity index (χ3v) is 3.93. The molecule has 2 rings (SSSR count). The summed E-state index contributed by atoms with van der Waals surface area (Å²) in [4.78, 5) is 0. The van der Waals surface area contributed by atoms with Crippen LogP contribution in [0, 0.1) is 5.92 Å². The Morgan fingerprint density at radius 1 is 1.22 bits per heavy atom. The normalized spacial score (nSPS) is 26.7. The molecule has 0 radical (unpaired) electrons. The van der Waals surface area contributed by atoms with Crippen LogP contribution in [-0.2, 0) is 4.74 Å². The molecule has 1 saturated carbocycles. The van der Waals surface area contributed by atoms with Crippen molar-refractivity contribution in [3.63, 3.8) is 0 Å². The molecule has 3 unspecified atom stereocenters. The number of methoxy groups -OCH3 is 1. The molecule has 0 saturated heterocycles. The Morgan fingerprint density at radius 3 is 2.50 bits per heavy atom. The summed E-state index contributed by atoms with van der Waals surface area (Å²) in [5.41, 5.74) is 7.42. The van der Waals surface area contributed by atoms with Crippen molar-refractivity contribution >= 4 is 0 Å². The topological polar surface area (TPSA) is 44.5 Å². The second-order valence-electron chi connectivity index (χ2n) is 4.99. The molecule has 1 aromatic carbocycles. The van der Waals surface area contributed by atoms with Crippen LogP contribution in [0.15, 0.2) is 24.3 Å². The number of benzene rings is 1. The standard InChI is InChI=1S/C15H23NO2/c1-3-13-14(10-15(13)16)11-4-6-12(7-5-11)18-9-8-17-2/h4-7,13-15H,3,8-10,16H2,1-2H3. The molecule has 1 aromatic rings. The van der Waals surface area contributed by atoms with Crippen LogP contribution < -0.4 is 10.5 Å². The summed E-state index contributed by atoms with van der Waals surface area (Å²) >= 11 is 0. The second-order valence-corrected chi connectivity index (χ2v) is 4.99. The van der Waals surface area contributed by atoms with Crippen LogP contribution >= 0.6 is 0 Å². The van der Waals surface area contributed by atoms with Gasteiger partial charge in [-0.05, 0) is 36.0 Å². The molecule has 0 aromatic heterocycles. The van der Waals surface area contributed by atoms with E-state index in [1.807, 2.05) is 12.1 Å². The molecule has 0 heterocycles. The molecular weight excluding hydrogens is 226 g/mol. The van der Waals surface area contributed by atoms with Gasteiger partial charge in [-0.25, -0.2) is 0 Å². The second kappa shape index (κ2) is 6.21. The van der Waals surface area contributed by atoms with E-state index in [1.165, 1.54) is 5.56 Å². The Hall–Kier alpha value is -1.06. The third-order valence-electron chi connectivity index (χ3n) is 3.93. The van der Waals surface area contributed by atoms with Crippen molar-refractivity contribution in [1.82, 2.24) is 0 Å². The molecule has 3 nitrogen and oxygen atoms in total. The van der Waals surface area contributed by atoms with E-state index < -0.39 is 0 Å². The third kappa shape index (κ3) is 2.85. The molecule has 2 N–H and O–H groups in total. The summed E-state index contributed by atoms with van der Waals surface area (Å²) in [5, 5.41) is 0. The summed E-state index contributed by atoms with van der Waals surface area (Å²) in [6.45, 7) is 3.44. The summed E-state index contributed by atoms with van der Waals surface area (Å²) in [5.74, 6) is 2.19. The number of nitrogens with two attached hydrogens (primary N) is 1. The van der Waals surface area contributed by atoms with Gasteiger partial charge >= 0.3 is 0 Å². The predicted molar refractivity (Wildman–Crippen MR) is 72.9 cm³/mol. The smallest absolute Gasteiger partial charge is 0.119 e. The molecular formula is C15H23NO2. The molecule has 1 aliphatic carbocycles. The fraction of sp³-hybridized carbons (Fsp3) is 0.600. The van der Waals surface area contributed by atoms with Crippen molar-refractivity contribution in [3.05, 3.63) is 29.8 Å². The maximum absolute atomic E-state index is 6.03. The number of hydrogen-bond donors (Lipinski definition) is 1. The lowest BCUT2D eigenvalue weighted by Crippen LogP contribution is -2.45. The molecule has 3 atom stereocenters. The quantitative estimate of drug-likeness (QED) is 0.788. The summed E-state index contributed by atoms with van der Waals surface area (Å²) < 4.78 is 10.5. The Morgan fingerprint density at radius 2 is 1.94 bits per heavy atom. The van der Waals surface area contributed by atoms with Gasteiger partial charge in [-0.2, -0.15) is 0 Å². The lowest BCUT2D eigenvalue weighted by molar-refractivity contribution is 0.146. The Bertz CT molecular complexity index is 363. The lowest BCUT2D eigenvalue weighted by atomic mass is 9.65. The van der Waals surface area contributed by atoms with Crippen molar-refractivity contribution in [3.8, 4) is 5.75 Å². The van der Waals surface area contributed by atoms with E-state index in [0.717, 1.165) is 18.6 Å². The lowest BCUT2D eigenvalue weighted by Gasteiger charge is -2.42. The van der Waals surface area contributed by atoms with Gasteiger partial charge in [0, 0.05) is 13.2 Å². The van der Waals surface area contributed by atoms with Gasteiger partial charge in [0.2, 0.25) is 0 Å². The zero-order valence-electron chi connectivity index (χ0n) is 11.3. The van der Waals surface area contributed by atoms with E-state index >= 15 is 0 Å². The van der Waals surface area contributed by atoms with Gasteiger partial charge < -0.3 is 15.2 Å². The predicted octanol–water partition coefficient (Wildman–Crippen LogP) is 2.55. The Labute approximate surface area is 109 Å². The highest BCUT2D eigenvalue weighted by atomic mass is 16.5. The van der Waals surface area contributed by atoms with Crippen LogP contribution in [0.3, 0.4) is 0 Å². The van der Waals surface area contributed by atoms with Gasteiger partial charge in [-0.3, -0.25) is 0 Å². The summed E-state index contributed by atoms with van der Waals surface area (Å²) in [6.07, 6.45) is 2.28. The van der Waals surface area contributed by atoms with E-state index in [9.17, 15) is 0 Å². The maximum Gasteiger partial charge on any atom is 0.119 e. The number of hydrogen-bond acceptors (Lipinski definition) is 3. The zero-order chi connectivity index (χ0) is 13.0. The van der Waals surface area contributed by atoms with Crippen LogP contribution in [0.2, 0.25) is 0 Å². The maximum atomic E-state index is 6.03. The molecule has 1 aliphatic rings. The highest BCUT2D eigenvalue weighted by Crippen LogP contribution is 2.43. The molecule has 0 amide bonds. The van der Waals surface area contributed by atoms with E-state index in [-0.39, 0.29) is 0 Å². The van der Waals surface area contributed by atoms with Gasteiger partial charge in [0.25, 0.3) is 0 Å². The largest absolute Gasteiger partial charge is 0.491 e. The average Bonchev–Trinajstić information content (AvgIpc) is 2.38. The van der Waals surface area contributed by atoms with E-state index in [0.29, 0.717) is 31.1 Å². The first-order valence-corrected chi connectivity index (χ1v) is 6.73. The Balaban J connectivity index is 1.91. The molecule has 0 aliphatic heterocycles. The summed E-state index contributed by atoms with van der Waals surface area (Å²) in [6, 6.07) is 8.81. The van der Waals surface area contributed by atoms with Crippen LogP contribution in [0.5, 0.6) is 5.75 Å². The molecule has 1 fully saturated rings. The average molecular weight is 249 g/mol. The SMILES string of the molecule is CCC1C(N)CC1c1ccc(OCCOC)cc1. The fourth-order valence-electron chi connectivity index (χ4n) is 2.77. The van der Waals surface area contributed by atoms with Gasteiger partial charge in [-0.1, -0.05) is 25.5 Å². The minimum atomic E-state index is 0.387. The van der Waals surface area contributed by atoms with Crippen molar-refractivity contribution in [1.29, 1.82) is 0 Å². The van der Waals surface area contributed by atoms with Crippen molar-refractivity contribution in [2.75, 3.05) is 20.3 Å². The van der Waals surface area contributed by atoms with Crippen molar-refractivity contribution in [2.45, 2.75) is 31.7 Å². The molecule has 18 heavy (non-hydrogen) atoms. The highest BCUT2D eigenvalue weighted by Gasteiger charge is 2.37. The van der Waals surface area contributed by atoms with Crippen LogP contribution in [0.25, 0.3) is 0 Å². The zero-order valence-corrected chi connectivity index (χ0v) is 11.3. The van der Waals surface area contributed by atoms with Gasteiger partial charge in [0.1, 0.15) is 12.4 Å². The minimum Gasteiger partial charge on any atom is -0.491 e. The molecule has 0 spiro atoms. The number of rotatable bonds is 6. The van der Waals surface area contributed by atoms with Crippen LogP contribution in [0.4, 0.5) is 0 Å².